The first-order valence-corrected chi connectivity index (χ1v) is 9.57. The number of hydrogen-bond donors (Lipinski definition) is 1. The summed E-state index contributed by atoms with van der Waals surface area (Å²) in [6, 6.07) is 15.0. The van der Waals surface area contributed by atoms with E-state index in [1.807, 2.05) is 41.3 Å². The zero-order valence-corrected chi connectivity index (χ0v) is 15.7. The van der Waals surface area contributed by atoms with E-state index >= 15 is 0 Å². The third kappa shape index (κ3) is 5.09. The van der Waals surface area contributed by atoms with Gasteiger partial charge in [0.2, 0.25) is 5.91 Å². The number of anilines is 1. The van der Waals surface area contributed by atoms with E-state index in [1.165, 1.54) is 0 Å². The van der Waals surface area contributed by atoms with Gasteiger partial charge in [-0.15, -0.1) is 0 Å². The average molecular weight is 366 g/mol. The largest absolute Gasteiger partial charge is 0.494 e. The molecule has 2 aromatic carbocycles. The molecule has 0 unspecified atom stereocenters. The van der Waals surface area contributed by atoms with Gasteiger partial charge in [0.25, 0.3) is 5.91 Å². The molecule has 0 aromatic heterocycles. The summed E-state index contributed by atoms with van der Waals surface area (Å²) in [5.74, 6) is 0.846. The van der Waals surface area contributed by atoms with E-state index < -0.39 is 0 Å². The third-order valence-electron chi connectivity index (χ3n) is 4.66. The maximum atomic E-state index is 12.3. The number of nitrogens with zero attached hydrogens (tertiary/aromatic N) is 1. The molecule has 1 fully saturated rings. The normalized spacial score (nSPS) is 13.7. The first-order valence-electron chi connectivity index (χ1n) is 9.57. The lowest BCUT2D eigenvalue weighted by atomic mass is 10.1. The molecular weight excluding hydrogens is 340 g/mol. The monoisotopic (exact) mass is 366 g/mol. The van der Waals surface area contributed by atoms with Crippen molar-refractivity contribution in [3.8, 4) is 5.75 Å². The Morgan fingerprint density at radius 2 is 1.85 bits per heavy atom. The molecule has 0 bridgehead atoms. The number of nitrogens with one attached hydrogen (secondary N) is 1. The zero-order valence-electron chi connectivity index (χ0n) is 15.7. The Balaban J connectivity index is 1.50. The number of amides is 2. The molecule has 5 heteroatoms. The van der Waals surface area contributed by atoms with Gasteiger partial charge in [0, 0.05) is 30.8 Å². The van der Waals surface area contributed by atoms with E-state index in [4.69, 9.17) is 4.74 Å². The first-order chi connectivity index (χ1) is 13.2. The molecule has 1 N–H and O–H groups in total. The fourth-order valence-corrected chi connectivity index (χ4v) is 3.04. The van der Waals surface area contributed by atoms with Crippen LogP contribution in [-0.2, 0) is 11.3 Å². The number of benzene rings is 2. The first kappa shape index (κ1) is 19.0. The quantitative estimate of drug-likeness (QED) is 0.721. The van der Waals surface area contributed by atoms with Crippen LogP contribution in [0.4, 0.5) is 5.69 Å². The van der Waals surface area contributed by atoms with Crippen molar-refractivity contribution in [1.29, 1.82) is 0 Å². The summed E-state index contributed by atoms with van der Waals surface area (Å²) >= 11 is 0. The van der Waals surface area contributed by atoms with Crippen LogP contribution >= 0.6 is 0 Å². The highest BCUT2D eigenvalue weighted by molar-refractivity contribution is 5.95. The second-order valence-corrected chi connectivity index (χ2v) is 6.72. The topological polar surface area (TPSA) is 58.6 Å². The van der Waals surface area contributed by atoms with Crippen molar-refractivity contribution < 1.29 is 14.3 Å². The summed E-state index contributed by atoms with van der Waals surface area (Å²) in [6.45, 7) is 4.05. The Bertz CT molecular complexity index is 769. The van der Waals surface area contributed by atoms with Gasteiger partial charge in [-0.25, -0.2) is 0 Å². The van der Waals surface area contributed by atoms with Crippen molar-refractivity contribution in [3.05, 3.63) is 59.7 Å². The molecule has 0 atom stereocenters. The minimum absolute atomic E-state index is 0.117. The second-order valence-electron chi connectivity index (χ2n) is 6.72. The molecule has 0 spiro atoms. The predicted octanol–water partition coefficient (Wildman–Crippen LogP) is 3.92. The molecule has 5 nitrogen and oxygen atoms in total. The summed E-state index contributed by atoms with van der Waals surface area (Å²) in [5, 5.41) is 2.92. The lowest BCUT2D eigenvalue weighted by molar-refractivity contribution is -0.117. The lowest BCUT2D eigenvalue weighted by Crippen LogP contribution is -2.24. The molecule has 2 aromatic rings. The van der Waals surface area contributed by atoms with Gasteiger partial charge >= 0.3 is 0 Å². The molecule has 2 amide bonds. The number of hydrogen-bond acceptors (Lipinski definition) is 3. The van der Waals surface area contributed by atoms with Crippen LogP contribution in [0.15, 0.2) is 48.5 Å². The Morgan fingerprint density at radius 1 is 1.11 bits per heavy atom. The van der Waals surface area contributed by atoms with Crippen molar-refractivity contribution in [2.24, 2.45) is 0 Å². The predicted molar refractivity (Wildman–Crippen MR) is 106 cm³/mol. The van der Waals surface area contributed by atoms with Crippen LogP contribution in [0.25, 0.3) is 0 Å². The Labute approximate surface area is 160 Å². The molecule has 27 heavy (non-hydrogen) atoms. The number of ether oxygens (including phenoxy) is 1. The number of carbonyl (C=O) groups is 2. The molecule has 0 radical (unpaired) electrons. The summed E-state index contributed by atoms with van der Waals surface area (Å²) < 4.78 is 5.61. The van der Waals surface area contributed by atoms with Gasteiger partial charge in [-0.2, -0.15) is 0 Å². The summed E-state index contributed by atoms with van der Waals surface area (Å²) in [4.78, 5) is 25.9. The van der Waals surface area contributed by atoms with E-state index in [9.17, 15) is 9.59 Å². The van der Waals surface area contributed by atoms with E-state index in [0.717, 1.165) is 42.8 Å². The summed E-state index contributed by atoms with van der Waals surface area (Å²) in [5.41, 5.74) is 2.53. The molecular formula is C22H26N2O3. The van der Waals surface area contributed by atoms with Crippen LogP contribution in [0, 0.1) is 0 Å². The Kier molecular flexibility index (Phi) is 6.47. The van der Waals surface area contributed by atoms with Crippen molar-refractivity contribution >= 4 is 17.5 Å². The van der Waals surface area contributed by atoms with Gasteiger partial charge in [0.1, 0.15) is 5.75 Å². The van der Waals surface area contributed by atoms with Gasteiger partial charge in [-0.3, -0.25) is 9.59 Å². The summed E-state index contributed by atoms with van der Waals surface area (Å²) in [7, 11) is 0. The highest BCUT2D eigenvalue weighted by atomic mass is 16.5. The van der Waals surface area contributed by atoms with Crippen LogP contribution in [0.3, 0.4) is 0 Å². The Morgan fingerprint density at radius 3 is 2.48 bits per heavy atom. The van der Waals surface area contributed by atoms with Crippen molar-refractivity contribution in [2.75, 3.05) is 18.1 Å². The standard InChI is InChI=1S/C22H26N2O3/c1-2-3-15-27-20-12-8-18(9-13-20)22(26)23-16-17-6-10-19(11-7-17)24-14-4-5-21(24)25/h6-13H,2-5,14-16H2,1H3,(H,23,26). The molecule has 1 aliphatic heterocycles. The van der Waals surface area contributed by atoms with Crippen LogP contribution in [-0.4, -0.2) is 25.0 Å². The van der Waals surface area contributed by atoms with E-state index in [-0.39, 0.29) is 11.8 Å². The molecule has 1 saturated heterocycles. The van der Waals surface area contributed by atoms with Gasteiger partial charge in [0.15, 0.2) is 0 Å². The minimum Gasteiger partial charge on any atom is -0.494 e. The lowest BCUT2D eigenvalue weighted by Gasteiger charge is -2.16. The fraction of sp³-hybridized carbons (Fsp3) is 0.364. The highest BCUT2D eigenvalue weighted by Gasteiger charge is 2.21. The maximum absolute atomic E-state index is 12.3. The Hall–Kier alpha value is -2.82. The van der Waals surface area contributed by atoms with E-state index in [2.05, 4.69) is 12.2 Å². The van der Waals surface area contributed by atoms with Gasteiger partial charge in [0.05, 0.1) is 6.61 Å². The zero-order chi connectivity index (χ0) is 19.1. The molecule has 1 heterocycles. The minimum atomic E-state index is -0.117. The number of unbranched alkanes of at least 4 members (excludes halogenated alkanes) is 1. The van der Waals surface area contributed by atoms with Crippen LogP contribution in [0.1, 0.15) is 48.5 Å². The van der Waals surface area contributed by atoms with Crippen LogP contribution in [0.2, 0.25) is 0 Å². The van der Waals surface area contributed by atoms with Crippen molar-refractivity contribution in [3.63, 3.8) is 0 Å². The molecule has 1 aliphatic rings. The number of carbonyl (C=O) groups excluding carboxylic acids is 2. The van der Waals surface area contributed by atoms with E-state index in [0.29, 0.717) is 25.1 Å². The third-order valence-corrected chi connectivity index (χ3v) is 4.66. The molecule has 3 rings (SSSR count). The van der Waals surface area contributed by atoms with Crippen molar-refractivity contribution in [1.82, 2.24) is 5.32 Å². The number of rotatable bonds is 8. The molecule has 0 saturated carbocycles. The van der Waals surface area contributed by atoms with E-state index in [1.54, 1.807) is 12.1 Å². The fourth-order valence-electron chi connectivity index (χ4n) is 3.04. The van der Waals surface area contributed by atoms with Crippen LogP contribution in [0.5, 0.6) is 5.75 Å². The van der Waals surface area contributed by atoms with Gasteiger partial charge in [-0.1, -0.05) is 25.5 Å². The van der Waals surface area contributed by atoms with Gasteiger partial charge < -0.3 is 15.0 Å². The highest BCUT2D eigenvalue weighted by Crippen LogP contribution is 2.21. The smallest absolute Gasteiger partial charge is 0.251 e. The van der Waals surface area contributed by atoms with Crippen molar-refractivity contribution in [2.45, 2.75) is 39.2 Å². The molecule has 142 valence electrons. The average Bonchev–Trinajstić information content (AvgIpc) is 3.13. The maximum Gasteiger partial charge on any atom is 0.251 e. The SMILES string of the molecule is CCCCOc1ccc(C(=O)NCc2ccc(N3CCCC3=O)cc2)cc1. The van der Waals surface area contributed by atoms with Crippen LogP contribution < -0.4 is 15.0 Å². The summed E-state index contributed by atoms with van der Waals surface area (Å²) in [6.07, 6.45) is 3.65. The molecule has 0 aliphatic carbocycles. The van der Waals surface area contributed by atoms with Gasteiger partial charge in [-0.05, 0) is 54.8 Å². The second kappa shape index (κ2) is 9.21.